The van der Waals surface area contributed by atoms with Crippen LogP contribution in [0.15, 0.2) is 35.6 Å². The minimum absolute atomic E-state index is 0.629. The van der Waals surface area contributed by atoms with Gasteiger partial charge in [-0.05, 0) is 18.6 Å². The number of nitrogens with one attached hydrogen (secondary N) is 1. The molecule has 0 atom stereocenters. The maximum absolute atomic E-state index is 5.42. The first-order valence-corrected chi connectivity index (χ1v) is 3.97. The van der Waals surface area contributed by atoms with Gasteiger partial charge in [0.1, 0.15) is 13.2 Å². The van der Waals surface area contributed by atoms with Crippen LogP contribution in [0.4, 0.5) is 0 Å². The van der Waals surface area contributed by atoms with E-state index < -0.39 is 0 Å². The minimum atomic E-state index is 0.629. The second-order valence-corrected chi connectivity index (χ2v) is 2.77. The predicted octanol–water partition coefficient (Wildman–Crippen LogP) is 1.27. The first-order chi connectivity index (χ1) is 5.86. The molecular weight excluding hydrogens is 154 g/mol. The third kappa shape index (κ3) is 1.30. The van der Waals surface area contributed by atoms with Crippen molar-refractivity contribution in [1.82, 2.24) is 5.32 Å². The first kappa shape index (κ1) is 7.28. The lowest BCUT2D eigenvalue weighted by Crippen LogP contribution is -2.14. The van der Waals surface area contributed by atoms with Crippen molar-refractivity contribution < 1.29 is 9.47 Å². The Morgan fingerprint density at radius 2 is 1.92 bits per heavy atom. The summed E-state index contributed by atoms with van der Waals surface area (Å²) in [6, 6.07) is 0. The molecule has 3 nitrogen and oxygen atoms in total. The van der Waals surface area contributed by atoms with Crippen molar-refractivity contribution in [2.24, 2.45) is 0 Å². The molecule has 0 spiro atoms. The fraction of sp³-hybridized carbons (Fsp3) is 0.333. The molecule has 0 bridgehead atoms. The molecule has 2 aliphatic heterocycles. The Hall–Kier alpha value is -1.38. The highest BCUT2D eigenvalue weighted by molar-refractivity contribution is 5.32. The molecule has 0 amide bonds. The molecule has 0 saturated carbocycles. The summed E-state index contributed by atoms with van der Waals surface area (Å²) >= 11 is 0. The topological polar surface area (TPSA) is 30.5 Å². The Labute approximate surface area is 71.4 Å². The molecule has 1 N–H and O–H groups in total. The van der Waals surface area contributed by atoms with Crippen molar-refractivity contribution in [1.29, 1.82) is 0 Å². The number of allylic oxidation sites excluding steroid dienone is 2. The molecule has 2 heterocycles. The third-order valence-electron chi connectivity index (χ3n) is 1.73. The van der Waals surface area contributed by atoms with Gasteiger partial charge in [0.15, 0.2) is 11.5 Å². The zero-order valence-electron chi connectivity index (χ0n) is 6.96. The van der Waals surface area contributed by atoms with Crippen LogP contribution in [0.2, 0.25) is 0 Å². The molecular formula is C9H11NO2. The van der Waals surface area contributed by atoms with Gasteiger partial charge in [-0.1, -0.05) is 0 Å². The van der Waals surface area contributed by atoms with Crippen LogP contribution in [-0.2, 0) is 9.47 Å². The summed E-state index contributed by atoms with van der Waals surface area (Å²) in [5.41, 5.74) is 1.13. The summed E-state index contributed by atoms with van der Waals surface area (Å²) in [4.78, 5) is 0. The van der Waals surface area contributed by atoms with Crippen LogP contribution in [0.25, 0.3) is 0 Å². The lowest BCUT2D eigenvalue weighted by molar-refractivity contribution is 0.0590. The lowest BCUT2D eigenvalue weighted by Gasteiger charge is -2.19. The molecule has 3 heteroatoms. The van der Waals surface area contributed by atoms with Crippen LogP contribution >= 0.6 is 0 Å². The first-order valence-electron chi connectivity index (χ1n) is 3.97. The van der Waals surface area contributed by atoms with E-state index in [4.69, 9.17) is 9.47 Å². The van der Waals surface area contributed by atoms with Crippen molar-refractivity contribution in [3.05, 3.63) is 35.6 Å². The zero-order chi connectivity index (χ0) is 8.39. The fourth-order valence-corrected chi connectivity index (χ4v) is 1.17. The Kier molecular flexibility index (Phi) is 1.78. The highest BCUT2D eigenvalue weighted by atomic mass is 16.6. The summed E-state index contributed by atoms with van der Waals surface area (Å²) in [6.45, 7) is 3.27. The maximum Gasteiger partial charge on any atom is 0.177 e. The van der Waals surface area contributed by atoms with E-state index in [1.54, 1.807) is 0 Å². The van der Waals surface area contributed by atoms with Crippen LogP contribution in [0.3, 0.4) is 0 Å². The predicted molar refractivity (Wildman–Crippen MR) is 45.0 cm³/mol. The number of fused-ring (bicyclic) bond motifs is 1. The highest BCUT2D eigenvalue weighted by Crippen LogP contribution is 2.20. The second-order valence-electron chi connectivity index (χ2n) is 2.77. The van der Waals surface area contributed by atoms with Crippen molar-refractivity contribution in [3.63, 3.8) is 0 Å². The molecule has 64 valence electrons. The van der Waals surface area contributed by atoms with E-state index >= 15 is 0 Å². The number of rotatable bonds is 0. The van der Waals surface area contributed by atoms with E-state index in [-0.39, 0.29) is 0 Å². The summed E-state index contributed by atoms with van der Waals surface area (Å²) in [5, 5.41) is 3.02. The van der Waals surface area contributed by atoms with Gasteiger partial charge in [-0.25, -0.2) is 0 Å². The maximum atomic E-state index is 5.42. The van der Waals surface area contributed by atoms with Gasteiger partial charge in [0, 0.05) is 12.4 Å². The van der Waals surface area contributed by atoms with Crippen LogP contribution in [0.5, 0.6) is 0 Å². The SMILES string of the molecule is CC1=CNC=C2OCCOC2=C1. The van der Waals surface area contributed by atoms with Gasteiger partial charge in [-0.15, -0.1) is 0 Å². The smallest absolute Gasteiger partial charge is 0.177 e. The fourth-order valence-electron chi connectivity index (χ4n) is 1.17. The standard InChI is InChI=1S/C9H11NO2/c1-7-4-8-9(6-10-5-7)12-3-2-11-8/h4-6,10H,2-3H2,1H3. The zero-order valence-corrected chi connectivity index (χ0v) is 6.96. The van der Waals surface area contributed by atoms with E-state index in [1.807, 2.05) is 25.4 Å². The van der Waals surface area contributed by atoms with E-state index in [9.17, 15) is 0 Å². The molecule has 0 radical (unpaired) electrons. The minimum Gasteiger partial charge on any atom is -0.486 e. The van der Waals surface area contributed by atoms with E-state index in [1.165, 1.54) is 0 Å². The largest absolute Gasteiger partial charge is 0.486 e. The van der Waals surface area contributed by atoms with E-state index in [0.717, 1.165) is 17.1 Å². The van der Waals surface area contributed by atoms with Gasteiger partial charge in [0.2, 0.25) is 0 Å². The van der Waals surface area contributed by atoms with Gasteiger partial charge in [-0.2, -0.15) is 0 Å². The molecule has 0 aromatic rings. The summed E-state index contributed by atoms with van der Waals surface area (Å²) in [6.07, 6.45) is 5.68. The third-order valence-corrected chi connectivity index (χ3v) is 1.73. The Morgan fingerprint density at radius 3 is 2.75 bits per heavy atom. The Morgan fingerprint density at radius 1 is 1.17 bits per heavy atom. The summed E-state index contributed by atoms with van der Waals surface area (Å²) in [5.74, 6) is 1.61. The summed E-state index contributed by atoms with van der Waals surface area (Å²) in [7, 11) is 0. The van der Waals surface area contributed by atoms with Gasteiger partial charge >= 0.3 is 0 Å². The van der Waals surface area contributed by atoms with Crippen molar-refractivity contribution >= 4 is 0 Å². The molecule has 1 saturated heterocycles. The van der Waals surface area contributed by atoms with Crippen LogP contribution in [-0.4, -0.2) is 13.2 Å². The average Bonchev–Trinajstić information content (AvgIpc) is 2.25. The van der Waals surface area contributed by atoms with Crippen molar-refractivity contribution in [2.75, 3.05) is 13.2 Å². The van der Waals surface area contributed by atoms with Gasteiger partial charge < -0.3 is 14.8 Å². The monoisotopic (exact) mass is 165 g/mol. The van der Waals surface area contributed by atoms with Crippen LogP contribution in [0.1, 0.15) is 6.92 Å². The average molecular weight is 165 g/mol. The lowest BCUT2D eigenvalue weighted by atomic mass is 10.2. The molecule has 0 aliphatic carbocycles. The van der Waals surface area contributed by atoms with Gasteiger partial charge in [0.05, 0.1) is 0 Å². The Bertz CT molecular complexity index is 276. The molecule has 2 aliphatic rings. The molecule has 0 unspecified atom stereocenters. The quantitative estimate of drug-likeness (QED) is 0.586. The van der Waals surface area contributed by atoms with Crippen LogP contribution in [0, 0.1) is 0 Å². The molecule has 12 heavy (non-hydrogen) atoms. The molecule has 1 fully saturated rings. The number of hydrogen-bond donors (Lipinski definition) is 1. The van der Waals surface area contributed by atoms with Gasteiger partial charge in [0.25, 0.3) is 0 Å². The van der Waals surface area contributed by atoms with E-state index in [0.29, 0.717) is 13.2 Å². The molecule has 0 aromatic carbocycles. The second kappa shape index (κ2) is 2.93. The molecule has 0 aromatic heterocycles. The number of ether oxygens (including phenoxy) is 2. The van der Waals surface area contributed by atoms with Crippen LogP contribution < -0.4 is 5.32 Å². The Balaban J connectivity index is 2.29. The highest BCUT2D eigenvalue weighted by Gasteiger charge is 2.14. The summed E-state index contributed by atoms with van der Waals surface area (Å²) < 4.78 is 10.8. The van der Waals surface area contributed by atoms with Crippen molar-refractivity contribution in [3.8, 4) is 0 Å². The van der Waals surface area contributed by atoms with Crippen molar-refractivity contribution in [2.45, 2.75) is 6.92 Å². The van der Waals surface area contributed by atoms with Gasteiger partial charge in [-0.3, -0.25) is 0 Å². The normalized spacial score (nSPS) is 21.2. The number of hydrogen-bond acceptors (Lipinski definition) is 3. The molecule has 2 rings (SSSR count). The van der Waals surface area contributed by atoms with E-state index in [2.05, 4.69) is 5.32 Å².